The second-order valence-corrected chi connectivity index (χ2v) is 11.2. The van der Waals surface area contributed by atoms with Gasteiger partial charge in [-0.2, -0.15) is 0 Å². The smallest absolute Gasteiger partial charge is 0.106 e. The molecule has 0 saturated carbocycles. The number of nitrogens with zero attached hydrogens (tertiary/aromatic N) is 2. The summed E-state index contributed by atoms with van der Waals surface area (Å²) in [6.07, 6.45) is 30.5. The van der Waals surface area contributed by atoms with E-state index in [2.05, 4.69) is 43.9 Å². The summed E-state index contributed by atoms with van der Waals surface area (Å²) in [4.78, 5) is 4.98. The molecule has 3 heteroatoms. The van der Waals surface area contributed by atoms with Gasteiger partial charge in [-0.05, 0) is 38.1 Å². The molecule has 0 N–H and O–H groups in total. The Kier molecular flexibility index (Phi) is 27.9. The third-order valence-corrected chi connectivity index (χ3v) is 7.90. The van der Waals surface area contributed by atoms with Gasteiger partial charge in [-0.1, -0.05) is 143 Å². The maximum atomic E-state index is 4.98. The topological polar surface area (TPSA) is 15.6 Å². The lowest BCUT2D eigenvalue weighted by Gasteiger charge is -2.23. The first-order chi connectivity index (χ1) is 16.3. The van der Waals surface area contributed by atoms with E-state index in [0.717, 1.165) is 6.54 Å². The Hall–Kier alpha value is -0.180. The highest BCUT2D eigenvalue weighted by Crippen LogP contribution is 2.18. The number of hydrogen-bond donors (Lipinski definition) is 0. The fraction of sp³-hybridized carbons (Fsp3) is 0.967. The van der Waals surface area contributed by atoms with Gasteiger partial charge in [0.2, 0.25) is 0 Å². The van der Waals surface area contributed by atoms with Crippen molar-refractivity contribution in [3.8, 4) is 0 Å². The second kappa shape index (κ2) is 28.1. The molecular formula is C30H62N2S. The van der Waals surface area contributed by atoms with E-state index >= 15 is 0 Å². The van der Waals surface area contributed by atoms with Crippen molar-refractivity contribution >= 4 is 17.8 Å². The molecule has 33 heavy (non-hydrogen) atoms. The zero-order valence-electron chi connectivity index (χ0n) is 23.5. The Morgan fingerprint density at radius 3 is 1.39 bits per heavy atom. The molecule has 0 fully saturated rings. The van der Waals surface area contributed by atoms with Gasteiger partial charge >= 0.3 is 0 Å². The molecule has 0 rings (SSSR count). The maximum Gasteiger partial charge on any atom is 0.106 e. The molecule has 198 valence electrons. The Bertz CT molecular complexity index is 397. The zero-order valence-corrected chi connectivity index (χ0v) is 24.3. The molecule has 0 amide bonds. The second-order valence-electron chi connectivity index (χ2n) is 10.1. The summed E-state index contributed by atoms with van der Waals surface area (Å²) in [5.74, 6) is 2.53. The summed E-state index contributed by atoms with van der Waals surface area (Å²) in [6, 6.07) is 0. The summed E-state index contributed by atoms with van der Waals surface area (Å²) in [7, 11) is 0. The average molecular weight is 483 g/mol. The SMILES string of the molecule is CCCCCCCCCCSN(CCCCCCCCC)C(C)=NCCCCCCCCC. The first-order valence-electron chi connectivity index (χ1n) is 15.2. The lowest BCUT2D eigenvalue weighted by atomic mass is 10.1. The van der Waals surface area contributed by atoms with Crippen molar-refractivity contribution in [1.29, 1.82) is 0 Å². The van der Waals surface area contributed by atoms with Crippen LogP contribution in [0.3, 0.4) is 0 Å². The molecule has 0 aliphatic carbocycles. The van der Waals surface area contributed by atoms with Crippen LogP contribution in [-0.2, 0) is 0 Å². The summed E-state index contributed by atoms with van der Waals surface area (Å²) in [5.41, 5.74) is 0. The van der Waals surface area contributed by atoms with E-state index in [1.165, 1.54) is 159 Å². The van der Waals surface area contributed by atoms with Crippen LogP contribution in [0.4, 0.5) is 0 Å². The molecule has 0 saturated heterocycles. The lowest BCUT2D eigenvalue weighted by molar-refractivity contribution is 0.544. The number of amidine groups is 1. The summed E-state index contributed by atoms with van der Waals surface area (Å²) < 4.78 is 2.54. The van der Waals surface area contributed by atoms with Crippen molar-refractivity contribution in [3.05, 3.63) is 0 Å². The van der Waals surface area contributed by atoms with Gasteiger partial charge < -0.3 is 4.31 Å². The molecule has 0 heterocycles. The highest BCUT2D eigenvalue weighted by molar-refractivity contribution is 7.97. The van der Waals surface area contributed by atoms with Gasteiger partial charge in [0.05, 0.1) is 0 Å². The van der Waals surface area contributed by atoms with Gasteiger partial charge in [0.15, 0.2) is 0 Å². The molecule has 0 aromatic heterocycles. The predicted octanol–water partition coefficient (Wildman–Crippen LogP) is 11.0. The molecule has 0 aliphatic heterocycles. The minimum Gasteiger partial charge on any atom is -0.305 e. The molecular weight excluding hydrogens is 420 g/mol. The van der Waals surface area contributed by atoms with Crippen LogP contribution in [0.2, 0.25) is 0 Å². The molecule has 0 aliphatic rings. The largest absolute Gasteiger partial charge is 0.305 e. The Morgan fingerprint density at radius 2 is 0.909 bits per heavy atom. The summed E-state index contributed by atoms with van der Waals surface area (Å²) in [6.45, 7) is 11.4. The number of unbranched alkanes of at least 4 members (excludes halogenated alkanes) is 19. The van der Waals surface area contributed by atoms with Gasteiger partial charge in [0.25, 0.3) is 0 Å². The van der Waals surface area contributed by atoms with Crippen LogP contribution in [-0.4, -0.2) is 29.0 Å². The minimum atomic E-state index is 1.02. The third-order valence-electron chi connectivity index (χ3n) is 6.67. The number of aliphatic imine (C=N–C) groups is 1. The van der Waals surface area contributed by atoms with Crippen LogP contribution in [0, 0.1) is 0 Å². The quantitative estimate of drug-likeness (QED) is 0.0527. The van der Waals surface area contributed by atoms with Crippen LogP contribution in [0.1, 0.15) is 169 Å². The van der Waals surface area contributed by atoms with Crippen LogP contribution < -0.4 is 0 Å². The van der Waals surface area contributed by atoms with Gasteiger partial charge in [-0.3, -0.25) is 4.99 Å². The number of rotatable bonds is 26. The first-order valence-corrected chi connectivity index (χ1v) is 16.1. The van der Waals surface area contributed by atoms with Crippen LogP contribution >= 0.6 is 11.9 Å². The van der Waals surface area contributed by atoms with Crippen LogP contribution in [0.25, 0.3) is 0 Å². The first kappa shape index (κ1) is 32.8. The number of hydrogen-bond acceptors (Lipinski definition) is 2. The van der Waals surface area contributed by atoms with E-state index in [-0.39, 0.29) is 0 Å². The Morgan fingerprint density at radius 1 is 0.515 bits per heavy atom. The molecule has 0 aromatic carbocycles. The maximum absolute atomic E-state index is 4.98. The van der Waals surface area contributed by atoms with Crippen molar-refractivity contribution in [1.82, 2.24) is 4.31 Å². The van der Waals surface area contributed by atoms with Gasteiger partial charge in [0, 0.05) is 18.8 Å². The van der Waals surface area contributed by atoms with E-state index in [4.69, 9.17) is 4.99 Å². The van der Waals surface area contributed by atoms with Crippen molar-refractivity contribution in [2.24, 2.45) is 4.99 Å². The van der Waals surface area contributed by atoms with E-state index in [1.54, 1.807) is 0 Å². The molecule has 0 bridgehead atoms. The predicted molar refractivity (Wildman–Crippen MR) is 156 cm³/mol. The van der Waals surface area contributed by atoms with Crippen LogP contribution in [0.5, 0.6) is 0 Å². The zero-order chi connectivity index (χ0) is 24.2. The van der Waals surface area contributed by atoms with Gasteiger partial charge in [-0.15, -0.1) is 0 Å². The van der Waals surface area contributed by atoms with E-state index in [0.29, 0.717) is 0 Å². The van der Waals surface area contributed by atoms with Gasteiger partial charge in [-0.25, -0.2) is 0 Å². The normalized spacial score (nSPS) is 11.9. The standard InChI is InChI=1S/C30H62N2S/c1-5-8-11-14-17-20-23-26-29-33-32(28-25-22-19-16-13-10-7-3)30(4)31-27-24-21-18-15-12-9-6-2/h5-29H2,1-4H3. The van der Waals surface area contributed by atoms with E-state index in [1.807, 2.05) is 0 Å². The molecule has 0 spiro atoms. The van der Waals surface area contributed by atoms with E-state index in [9.17, 15) is 0 Å². The summed E-state index contributed by atoms with van der Waals surface area (Å²) in [5, 5.41) is 0. The average Bonchev–Trinajstić information content (AvgIpc) is 2.82. The molecule has 0 atom stereocenters. The fourth-order valence-electron chi connectivity index (χ4n) is 4.33. The van der Waals surface area contributed by atoms with Crippen molar-refractivity contribution in [3.63, 3.8) is 0 Å². The Labute approximate surface area is 214 Å². The lowest BCUT2D eigenvalue weighted by Crippen LogP contribution is -2.24. The highest BCUT2D eigenvalue weighted by atomic mass is 32.2. The highest BCUT2D eigenvalue weighted by Gasteiger charge is 2.08. The van der Waals surface area contributed by atoms with Crippen LogP contribution in [0.15, 0.2) is 4.99 Å². The fourth-order valence-corrected chi connectivity index (χ4v) is 5.39. The molecule has 0 unspecified atom stereocenters. The summed E-state index contributed by atoms with van der Waals surface area (Å²) >= 11 is 2.05. The molecule has 2 nitrogen and oxygen atoms in total. The minimum absolute atomic E-state index is 1.02. The van der Waals surface area contributed by atoms with Crippen molar-refractivity contribution in [2.75, 3.05) is 18.8 Å². The van der Waals surface area contributed by atoms with Gasteiger partial charge in [0.1, 0.15) is 5.84 Å². The Balaban J connectivity index is 4.13. The van der Waals surface area contributed by atoms with Crippen molar-refractivity contribution < 1.29 is 0 Å². The molecule has 0 aromatic rings. The third kappa shape index (κ3) is 24.7. The molecule has 0 radical (unpaired) electrons. The van der Waals surface area contributed by atoms with E-state index < -0.39 is 0 Å². The van der Waals surface area contributed by atoms with Crippen molar-refractivity contribution in [2.45, 2.75) is 169 Å². The monoisotopic (exact) mass is 482 g/mol.